The van der Waals surface area contributed by atoms with Crippen molar-refractivity contribution in [2.75, 3.05) is 11.1 Å². The van der Waals surface area contributed by atoms with Crippen LogP contribution in [0.3, 0.4) is 0 Å². The molecule has 1 aromatic carbocycles. The van der Waals surface area contributed by atoms with Crippen molar-refractivity contribution in [3.63, 3.8) is 0 Å². The Balaban J connectivity index is 2.71. The van der Waals surface area contributed by atoms with Crippen molar-refractivity contribution < 1.29 is 4.79 Å². The minimum absolute atomic E-state index is 0.0428. The number of carbonyl (C=O) groups excluding carboxylic acids is 1. The summed E-state index contributed by atoms with van der Waals surface area (Å²) in [4.78, 5) is 11.5. The standard InChI is InChI=1S/C11H14Cl2N2O/c1-2-3-4-10(16)15-7-5-8(12)11(14)9(13)6-7/h5-6H,2-4,14H2,1H3,(H,15,16). The number of amides is 1. The lowest BCUT2D eigenvalue weighted by Crippen LogP contribution is -2.11. The van der Waals surface area contributed by atoms with E-state index in [1.54, 1.807) is 12.1 Å². The number of nitrogens with one attached hydrogen (secondary N) is 1. The predicted octanol–water partition coefficient (Wildman–Crippen LogP) is 3.70. The molecular formula is C11H14Cl2N2O. The summed E-state index contributed by atoms with van der Waals surface area (Å²) in [5.41, 5.74) is 6.49. The van der Waals surface area contributed by atoms with Crippen LogP contribution in [0.15, 0.2) is 12.1 Å². The highest BCUT2D eigenvalue weighted by Crippen LogP contribution is 2.31. The minimum Gasteiger partial charge on any atom is -0.396 e. The number of anilines is 2. The Labute approximate surface area is 105 Å². The molecule has 3 nitrogen and oxygen atoms in total. The molecular weight excluding hydrogens is 247 g/mol. The molecule has 0 aromatic heterocycles. The highest BCUT2D eigenvalue weighted by molar-refractivity contribution is 6.39. The first-order valence-corrected chi connectivity index (χ1v) is 5.84. The zero-order valence-corrected chi connectivity index (χ0v) is 10.5. The normalized spacial score (nSPS) is 10.2. The molecule has 0 aliphatic carbocycles. The molecule has 0 fully saturated rings. The van der Waals surface area contributed by atoms with Gasteiger partial charge in [-0.05, 0) is 18.6 Å². The summed E-state index contributed by atoms with van der Waals surface area (Å²) in [7, 11) is 0. The van der Waals surface area contributed by atoms with Gasteiger partial charge in [-0.1, -0.05) is 36.5 Å². The van der Waals surface area contributed by atoms with E-state index in [1.165, 1.54) is 0 Å². The lowest BCUT2D eigenvalue weighted by Gasteiger charge is -2.08. The van der Waals surface area contributed by atoms with Crippen molar-refractivity contribution in [2.24, 2.45) is 0 Å². The lowest BCUT2D eigenvalue weighted by molar-refractivity contribution is -0.116. The molecule has 1 amide bonds. The summed E-state index contributed by atoms with van der Waals surface area (Å²) in [6, 6.07) is 3.18. The van der Waals surface area contributed by atoms with E-state index < -0.39 is 0 Å². The first-order valence-electron chi connectivity index (χ1n) is 5.09. The fraction of sp³-hybridized carbons (Fsp3) is 0.364. The summed E-state index contributed by atoms with van der Waals surface area (Å²) in [6.07, 6.45) is 2.34. The number of hydrogen-bond donors (Lipinski definition) is 2. The Morgan fingerprint density at radius 1 is 1.38 bits per heavy atom. The topological polar surface area (TPSA) is 55.1 Å². The van der Waals surface area contributed by atoms with Crippen molar-refractivity contribution in [2.45, 2.75) is 26.2 Å². The Morgan fingerprint density at radius 2 is 1.94 bits per heavy atom. The van der Waals surface area contributed by atoms with Crippen LogP contribution in [0.4, 0.5) is 11.4 Å². The van der Waals surface area contributed by atoms with Gasteiger partial charge in [-0.3, -0.25) is 4.79 Å². The monoisotopic (exact) mass is 260 g/mol. The largest absolute Gasteiger partial charge is 0.396 e. The molecule has 0 saturated carbocycles. The van der Waals surface area contributed by atoms with Gasteiger partial charge in [-0.15, -0.1) is 0 Å². The van der Waals surface area contributed by atoms with Crippen LogP contribution in [-0.2, 0) is 4.79 Å². The van der Waals surface area contributed by atoms with Gasteiger partial charge in [0.25, 0.3) is 0 Å². The molecule has 1 rings (SSSR count). The average molecular weight is 261 g/mol. The van der Waals surface area contributed by atoms with Gasteiger partial charge in [0.2, 0.25) is 5.91 Å². The number of nitrogens with two attached hydrogens (primary N) is 1. The van der Waals surface area contributed by atoms with Crippen molar-refractivity contribution in [1.29, 1.82) is 0 Å². The first-order chi connectivity index (χ1) is 7.54. The zero-order valence-electron chi connectivity index (χ0n) is 9.02. The smallest absolute Gasteiger partial charge is 0.224 e. The van der Waals surface area contributed by atoms with Gasteiger partial charge in [0.1, 0.15) is 0 Å². The second-order valence-corrected chi connectivity index (χ2v) is 4.32. The molecule has 5 heteroatoms. The van der Waals surface area contributed by atoms with E-state index in [2.05, 4.69) is 5.32 Å². The van der Waals surface area contributed by atoms with E-state index in [1.807, 2.05) is 6.92 Å². The van der Waals surface area contributed by atoms with Crippen LogP contribution in [0.25, 0.3) is 0 Å². The van der Waals surface area contributed by atoms with Crippen molar-refractivity contribution in [3.05, 3.63) is 22.2 Å². The molecule has 16 heavy (non-hydrogen) atoms. The van der Waals surface area contributed by atoms with E-state index >= 15 is 0 Å². The van der Waals surface area contributed by atoms with Crippen LogP contribution in [-0.4, -0.2) is 5.91 Å². The second-order valence-electron chi connectivity index (χ2n) is 3.51. The summed E-state index contributed by atoms with van der Waals surface area (Å²) in [5.74, 6) is -0.0428. The molecule has 1 aromatic rings. The van der Waals surface area contributed by atoms with Crippen LogP contribution >= 0.6 is 23.2 Å². The molecule has 0 radical (unpaired) electrons. The first kappa shape index (κ1) is 13.1. The van der Waals surface area contributed by atoms with Crippen molar-refractivity contribution >= 4 is 40.5 Å². The molecule has 0 heterocycles. The van der Waals surface area contributed by atoms with E-state index in [0.29, 0.717) is 27.8 Å². The number of hydrogen-bond acceptors (Lipinski definition) is 2. The molecule has 0 atom stereocenters. The van der Waals surface area contributed by atoms with Gasteiger partial charge >= 0.3 is 0 Å². The van der Waals surface area contributed by atoms with Gasteiger partial charge in [0, 0.05) is 12.1 Å². The van der Waals surface area contributed by atoms with Crippen LogP contribution in [0, 0.1) is 0 Å². The fourth-order valence-corrected chi connectivity index (χ4v) is 1.70. The van der Waals surface area contributed by atoms with Gasteiger partial charge in [-0.2, -0.15) is 0 Å². The molecule has 0 bridgehead atoms. The van der Waals surface area contributed by atoms with E-state index in [0.717, 1.165) is 12.8 Å². The number of nitrogen functional groups attached to an aromatic ring is 1. The van der Waals surface area contributed by atoms with Crippen LogP contribution in [0.2, 0.25) is 10.0 Å². The average Bonchev–Trinajstić information content (AvgIpc) is 2.23. The molecule has 0 aliphatic heterocycles. The molecule has 0 aliphatic rings. The van der Waals surface area contributed by atoms with Crippen LogP contribution < -0.4 is 11.1 Å². The van der Waals surface area contributed by atoms with Crippen molar-refractivity contribution in [3.8, 4) is 0 Å². The van der Waals surface area contributed by atoms with Gasteiger partial charge in [0.15, 0.2) is 0 Å². The number of carbonyl (C=O) groups is 1. The number of unbranched alkanes of at least 4 members (excludes halogenated alkanes) is 1. The highest BCUT2D eigenvalue weighted by atomic mass is 35.5. The fourth-order valence-electron chi connectivity index (χ4n) is 1.22. The molecule has 3 N–H and O–H groups in total. The summed E-state index contributed by atoms with van der Waals surface area (Å²) in [6.45, 7) is 2.03. The van der Waals surface area contributed by atoms with Crippen LogP contribution in [0.5, 0.6) is 0 Å². The maximum atomic E-state index is 11.5. The Bertz CT molecular complexity index is 371. The molecule has 0 saturated heterocycles. The Hall–Kier alpha value is -0.930. The molecule has 88 valence electrons. The van der Waals surface area contributed by atoms with E-state index in [4.69, 9.17) is 28.9 Å². The molecule has 0 spiro atoms. The highest BCUT2D eigenvalue weighted by Gasteiger charge is 2.07. The minimum atomic E-state index is -0.0428. The van der Waals surface area contributed by atoms with Gasteiger partial charge in [-0.25, -0.2) is 0 Å². The second kappa shape index (κ2) is 5.97. The van der Waals surface area contributed by atoms with Gasteiger partial charge in [0.05, 0.1) is 15.7 Å². The van der Waals surface area contributed by atoms with E-state index in [9.17, 15) is 4.79 Å². The predicted molar refractivity (Wildman–Crippen MR) is 69.0 cm³/mol. The summed E-state index contributed by atoms with van der Waals surface area (Å²) >= 11 is 11.7. The summed E-state index contributed by atoms with van der Waals surface area (Å²) in [5, 5.41) is 3.41. The number of rotatable bonds is 4. The zero-order chi connectivity index (χ0) is 12.1. The lowest BCUT2D eigenvalue weighted by atomic mass is 10.2. The van der Waals surface area contributed by atoms with Gasteiger partial charge < -0.3 is 11.1 Å². The van der Waals surface area contributed by atoms with Crippen LogP contribution in [0.1, 0.15) is 26.2 Å². The van der Waals surface area contributed by atoms with E-state index in [-0.39, 0.29) is 5.91 Å². The summed E-state index contributed by atoms with van der Waals surface area (Å²) < 4.78 is 0. The third-order valence-electron chi connectivity index (χ3n) is 2.12. The third-order valence-corrected chi connectivity index (χ3v) is 2.75. The molecule has 0 unspecified atom stereocenters. The van der Waals surface area contributed by atoms with Crippen molar-refractivity contribution in [1.82, 2.24) is 0 Å². The third kappa shape index (κ3) is 3.58. The quantitative estimate of drug-likeness (QED) is 0.812. The number of benzene rings is 1. The SMILES string of the molecule is CCCCC(=O)Nc1cc(Cl)c(N)c(Cl)c1. The number of halogens is 2. The Morgan fingerprint density at radius 3 is 2.44 bits per heavy atom. The maximum absolute atomic E-state index is 11.5. The maximum Gasteiger partial charge on any atom is 0.224 e. The Kier molecular flexibility index (Phi) is 4.90.